The highest BCUT2D eigenvalue weighted by Crippen LogP contribution is 2.22. The molecule has 0 aliphatic carbocycles. The topological polar surface area (TPSA) is 41.4 Å². The molecule has 5 nitrogen and oxygen atoms in total. The summed E-state index contributed by atoms with van der Waals surface area (Å²) in [6, 6.07) is 4.42. The summed E-state index contributed by atoms with van der Waals surface area (Å²) in [6.07, 6.45) is 3.62. The van der Waals surface area contributed by atoms with Gasteiger partial charge in [0.05, 0.1) is 6.20 Å². The van der Waals surface area contributed by atoms with E-state index >= 15 is 0 Å². The standard InChI is InChI=1S/C18H22ClFN4O/c1-13-10-21-24(11-13)14(2)18(25)23-8-6-22(7-9-23)12-15-16(19)4-3-5-17(15)20/h3-5,10-11,14H,6-9,12H2,1-2H3. The first-order valence-electron chi connectivity index (χ1n) is 8.40. The molecule has 134 valence electrons. The lowest BCUT2D eigenvalue weighted by atomic mass is 10.1. The van der Waals surface area contributed by atoms with E-state index in [-0.39, 0.29) is 17.8 Å². The molecular formula is C18H22ClFN4O. The van der Waals surface area contributed by atoms with E-state index in [4.69, 9.17) is 11.6 Å². The molecule has 0 spiro atoms. The van der Waals surface area contributed by atoms with Crippen molar-refractivity contribution in [2.24, 2.45) is 0 Å². The number of hydrogen-bond donors (Lipinski definition) is 0. The van der Waals surface area contributed by atoms with Gasteiger partial charge in [-0.05, 0) is 31.5 Å². The summed E-state index contributed by atoms with van der Waals surface area (Å²) >= 11 is 6.10. The molecule has 0 saturated carbocycles. The molecule has 1 aliphatic heterocycles. The summed E-state index contributed by atoms with van der Waals surface area (Å²) in [6.45, 7) is 6.91. The van der Waals surface area contributed by atoms with Gasteiger partial charge in [-0.15, -0.1) is 0 Å². The van der Waals surface area contributed by atoms with Crippen molar-refractivity contribution in [1.82, 2.24) is 19.6 Å². The number of halogens is 2. The van der Waals surface area contributed by atoms with Crippen LogP contribution in [-0.2, 0) is 11.3 Å². The Morgan fingerprint density at radius 2 is 2.04 bits per heavy atom. The van der Waals surface area contributed by atoms with Gasteiger partial charge in [0.25, 0.3) is 0 Å². The minimum absolute atomic E-state index is 0.0617. The molecular weight excluding hydrogens is 343 g/mol. The number of carbonyl (C=O) groups excluding carboxylic acids is 1. The first-order chi connectivity index (χ1) is 12.0. The smallest absolute Gasteiger partial charge is 0.247 e. The van der Waals surface area contributed by atoms with Crippen LogP contribution in [0.5, 0.6) is 0 Å². The predicted octanol–water partition coefficient (Wildman–Crippen LogP) is 2.89. The molecule has 3 rings (SSSR count). The predicted molar refractivity (Wildman–Crippen MR) is 94.9 cm³/mol. The van der Waals surface area contributed by atoms with Crippen molar-refractivity contribution in [3.63, 3.8) is 0 Å². The molecule has 1 aromatic heterocycles. The van der Waals surface area contributed by atoms with Crippen LogP contribution in [0.2, 0.25) is 5.02 Å². The Labute approximate surface area is 152 Å². The second-order valence-corrected chi connectivity index (χ2v) is 6.88. The van der Waals surface area contributed by atoms with Crippen molar-refractivity contribution in [2.75, 3.05) is 26.2 Å². The normalized spacial score (nSPS) is 16.9. The minimum Gasteiger partial charge on any atom is -0.338 e. The van der Waals surface area contributed by atoms with Crippen LogP contribution in [0.25, 0.3) is 0 Å². The first kappa shape index (κ1) is 17.9. The zero-order chi connectivity index (χ0) is 18.0. The fraction of sp³-hybridized carbons (Fsp3) is 0.444. The lowest BCUT2D eigenvalue weighted by Gasteiger charge is -2.36. The third-order valence-corrected chi connectivity index (χ3v) is 4.97. The quantitative estimate of drug-likeness (QED) is 0.837. The van der Waals surface area contributed by atoms with E-state index in [1.807, 2.05) is 24.9 Å². The molecule has 1 aliphatic rings. The molecule has 2 aromatic rings. The van der Waals surface area contributed by atoms with Gasteiger partial charge in [-0.25, -0.2) is 4.39 Å². The number of carbonyl (C=O) groups is 1. The molecule has 0 N–H and O–H groups in total. The van der Waals surface area contributed by atoms with Crippen molar-refractivity contribution < 1.29 is 9.18 Å². The maximum absolute atomic E-state index is 13.9. The van der Waals surface area contributed by atoms with Gasteiger partial charge in [0.2, 0.25) is 5.91 Å². The summed E-state index contributed by atoms with van der Waals surface area (Å²) in [5, 5.41) is 4.67. The Morgan fingerprint density at radius 1 is 1.32 bits per heavy atom. The fourth-order valence-corrected chi connectivity index (χ4v) is 3.28. The van der Waals surface area contributed by atoms with Crippen LogP contribution >= 0.6 is 11.6 Å². The van der Waals surface area contributed by atoms with Crippen LogP contribution in [0, 0.1) is 12.7 Å². The Morgan fingerprint density at radius 3 is 2.64 bits per heavy atom. The number of piperazine rings is 1. The third kappa shape index (κ3) is 4.02. The van der Waals surface area contributed by atoms with Gasteiger partial charge in [0, 0.05) is 49.5 Å². The fourth-order valence-electron chi connectivity index (χ4n) is 3.06. The molecule has 25 heavy (non-hydrogen) atoms. The molecule has 1 saturated heterocycles. The molecule has 7 heteroatoms. The number of benzene rings is 1. The highest BCUT2D eigenvalue weighted by Gasteiger charge is 2.26. The average molecular weight is 365 g/mol. The lowest BCUT2D eigenvalue weighted by Crippen LogP contribution is -2.50. The van der Waals surface area contributed by atoms with E-state index in [2.05, 4.69) is 10.00 Å². The molecule has 1 amide bonds. The van der Waals surface area contributed by atoms with Crippen molar-refractivity contribution >= 4 is 17.5 Å². The van der Waals surface area contributed by atoms with Crippen LogP contribution in [0.15, 0.2) is 30.6 Å². The number of amides is 1. The molecule has 2 heterocycles. The van der Waals surface area contributed by atoms with Gasteiger partial charge in [-0.1, -0.05) is 17.7 Å². The maximum Gasteiger partial charge on any atom is 0.247 e. The molecule has 1 atom stereocenters. The molecule has 1 unspecified atom stereocenters. The highest BCUT2D eigenvalue weighted by molar-refractivity contribution is 6.31. The molecule has 1 fully saturated rings. The minimum atomic E-state index is -0.318. The Hall–Kier alpha value is -1.92. The SMILES string of the molecule is Cc1cnn(C(C)C(=O)N2CCN(Cc3c(F)cccc3Cl)CC2)c1. The van der Waals surface area contributed by atoms with Gasteiger partial charge < -0.3 is 4.90 Å². The summed E-state index contributed by atoms with van der Waals surface area (Å²) in [5.74, 6) is -0.222. The summed E-state index contributed by atoms with van der Waals surface area (Å²) in [4.78, 5) is 16.6. The first-order valence-corrected chi connectivity index (χ1v) is 8.78. The summed E-state index contributed by atoms with van der Waals surface area (Å²) in [7, 11) is 0. The third-order valence-electron chi connectivity index (χ3n) is 4.61. The number of aryl methyl sites for hydroxylation is 1. The Bertz CT molecular complexity index is 735. The largest absolute Gasteiger partial charge is 0.338 e. The van der Waals surface area contributed by atoms with Gasteiger partial charge in [0.15, 0.2) is 0 Å². The van der Waals surface area contributed by atoms with Crippen molar-refractivity contribution in [3.05, 3.63) is 52.6 Å². The van der Waals surface area contributed by atoms with Crippen molar-refractivity contribution in [2.45, 2.75) is 26.4 Å². The summed E-state index contributed by atoms with van der Waals surface area (Å²) < 4.78 is 15.6. The number of hydrogen-bond acceptors (Lipinski definition) is 3. The Balaban J connectivity index is 1.57. The van der Waals surface area contributed by atoms with Crippen LogP contribution < -0.4 is 0 Å². The second-order valence-electron chi connectivity index (χ2n) is 6.48. The van der Waals surface area contributed by atoms with E-state index in [1.54, 1.807) is 23.0 Å². The van der Waals surface area contributed by atoms with E-state index in [9.17, 15) is 9.18 Å². The van der Waals surface area contributed by atoms with Crippen molar-refractivity contribution in [1.29, 1.82) is 0 Å². The molecule has 0 radical (unpaired) electrons. The highest BCUT2D eigenvalue weighted by atomic mass is 35.5. The van der Waals surface area contributed by atoms with Gasteiger partial charge in [-0.2, -0.15) is 5.10 Å². The number of aromatic nitrogens is 2. The molecule has 0 bridgehead atoms. The monoisotopic (exact) mass is 364 g/mol. The van der Waals surface area contributed by atoms with E-state index in [0.717, 1.165) is 5.56 Å². The zero-order valence-corrected chi connectivity index (χ0v) is 15.2. The number of rotatable bonds is 4. The van der Waals surface area contributed by atoms with Crippen LogP contribution in [-0.4, -0.2) is 51.7 Å². The maximum atomic E-state index is 13.9. The van der Waals surface area contributed by atoms with Gasteiger partial charge in [-0.3, -0.25) is 14.4 Å². The lowest BCUT2D eigenvalue weighted by molar-refractivity contribution is -0.136. The van der Waals surface area contributed by atoms with Crippen molar-refractivity contribution in [3.8, 4) is 0 Å². The van der Waals surface area contributed by atoms with Crippen LogP contribution in [0.3, 0.4) is 0 Å². The van der Waals surface area contributed by atoms with Gasteiger partial charge in [0.1, 0.15) is 11.9 Å². The summed E-state index contributed by atoms with van der Waals surface area (Å²) in [5.41, 5.74) is 1.55. The van der Waals surface area contributed by atoms with E-state index in [1.165, 1.54) is 6.07 Å². The van der Waals surface area contributed by atoms with Crippen LogP contribution in [0.1, 0.15) is 24.1 Å². The number of nitrogens with zero attached hydrogens (tertiary/aromatic N) is 4. The van der Waals surface area contributed by atoms with Gasteiger partial charge >= 0.3 is 0 Å². The second kappa shape index (κ2) is 7.54. The zero-order valence-electron chi connectivity index (χ0n) is 14.5. The van der Waals surface area contributed by atoms with E-state index < -0.39 is 0 Å². The van der Waals surface area contributed by atoms with E-state index in [0.29, 0.717) is 43.3 Å². The molecule has 1 aromatic carbocycles. The van der Waals surface area contributed by atoms with Crippen LogP contribution in [0.4, 0.5) is 4.39 Å². The Kier molecular flexibility index (Phi) is 5.39. The average Bonchev–Trinajstić information content (AvgIpc) is 3.04.